The molecule has 1 amide bonds. The lowest BCUT2D eigenvalue weighted by Gasteiger charge is -2.33. The van der Waals surface area contributed by atoms with E-state index in [0.29, 0.717) is 42.9 Å². The molecule has 1 saturated heterocycles. The standard InChI is InChI=1S/C15H23N3O3S2/c1-12(13-4-5-13)16-14(19)11-17-6-8-18(9-7-17)23(20,21)15-3-2-10-22-15/h2-3,10,12-13H,4-9,11H2,1H3,(H,16,19)/t12-/m1/s1. The molecule has 1 aromatic heterocycles. The minimum atomic E-state index is -3.37. The van der Waals surface area contributed by atoms with Gasteiger partial charge in [-0.15, -0.1) is 11.3 Å². The number of amides is 1. The molecule has 1 atom stereocenters. The van der Waals surface area contributed by atoms with E-state index in [2.05, 4.69) is 12.2 Å². The second kappa shape index (κ2) is 6.88. The number of nitrogens with zero attached hydrogens (tertiary/aromatic N) is 2. The molecule has 2 fully saturated rings. The molecule has 0 aromatic carbocycles. The lowest BCUT2D eigenvalue weighted by molar-refractivity contribution is -0.123. The molecule has 0 unspecified atom stereocenters. The van der Waals surface area contributed by atoms with Crippen molar-refractivity contribution in [3.63, 3.8) is 0 Å². The van der Waals surface area contributed by atoms with Crippen molar-refractivity contribution < 1.29 is 13.2 Å². The van der Waals surface area contributed by atoms with Crippen molar-refractivity contribution >= 4 is 27.3 Å². The fourth-order valence-electron chi connectivity index (χ4n) is 2.88. The van der Waals surface area contributed by atoms with Crippen LogP contribution < -0.4 is 5.32 Å². The van der Waals surface area contributed by atoms with Gasteiger partial charge in [-0.05, 0) is 37.1 Å². The Balaban J connectivity index is 1.47. The maximum absolute atomic E-state index is 12.4. The Morgan fingerprint density at radius 1 is 1.35 bits per heavy atom. The molecule has 0 spiro atoms. The van der Waals surface area contributed by atoms with Crippen molar-refractivity contribution in [3.05, 3.63) is 17.5 Å². The summed E-state index contributed by atoms with van der Waals surface area (Å²) in [7, 11) is -3.37. The Hall–Kier alpha value is -0.960. The van der Waals surface area contributed by atoms with Crippen molar-refractivity contribution in [1.82, 2.24) is 14.5 Å². The van der Waals surface area contributed by atoms with Crippen molar-refractivity contribution in [2.24, 2.45) is 5.92 Å². The number of sulfonamides is 1. The number of nitrogens with one attached hydrogen (secondary N) is 1. The summed E-state index contributed by atoms with van der Waals surface area (Å²) >= 11 is 1.24. The van der Waals surface area contributed by atoms with Crippen LogP contribution in [-0.2, 0) is 14.8 Å². The zero-order chi connectivity index (χ0) is 16.4. The molecule has 0 bridgehead atoms. The third-order valence-corrected chi connectivity index (χ3v) is 7.78. The molecule has 1 aliphatic heterocycles. The number of carbonyl (C=O) groups is 1. The highest BCUT2D eigenvalue weighted by Crippen LogP contribution is 2.32. The average Bonchev–Trinajstić information content (AvgIpc) is 3.22. The van der Waals surface area contributed by atoms with Crippen LogP contribution in [0.25, 0.3) is 0 Å². The van der Waals surface area contributed by atoms with Gasteiger partial charge in [-0.3, -0.25) is 9.69 Å². The molecule has 2 heterocycles. The van der Waals surface area contributed by atoms with Crippen LogP contribution in [-0.4, -0.2) is 62.3 Å². The van der Waals surface area contributed by atoms with Crippen LogP contribution in [0, 0.1) is 5.92 Å². The topological polar surface area (TPSA) is 69.7 Å². The highest BCUT2D eigenvalue weighted by atomic mass is 32.2. The SMILES string of the molecule is C[C@@H](NC(=O)CN1CCN(S(=O)(=O)c2cccs2)CC1)C1CC1. The van der Waals surface area contributed by atoms with E-state index in [9.17, 15) is 13.2 Å². The molecule has 1 aromatic rings. The van der Waals surface area contributed by atoms with Gasteiger partial charge in [0, 0.05) is 32.2 Å². The maximum atomic E-state index is 12.4. The van der Waals surface area contributed by atoms with Crippen LogP contribution in [0.2, 0.25) is 0 Å². The fourth-order valence-corrected chi connectivity index (χ4v) is 5.45. The monoisotopic (exact) mass is 357 g/mol. The first kappa shape index (κ1) is 16.9. The first-order valence-corrected chi connectivity index (χ1v) is 10.3. The number of piperazine rings is 1. The first-order valence-electron chi connectivity index (χ1n) is 8.02. The molecule has 3 rings (SSSR count). The van der Waals surface area contributed by atoms with E-state index in [1.807, 2.05) is 4.90 Å². The molecule has 23 heavy (non-hydrogen) atoms. The molecule has 8 heteroatoms. The number of thiophene rings is 1. The summed E-state index contributed by atoms with van der Waals surface area (Å²) in [6.07, 6.45) is 2.42. The van der Waals surface area contributed by atoms with E-state index in [1.165, 1.54) is 28.5 Å². The molecule has 0 radical (unpaired) electrons. The zero-order valence-electron chi connectivity index (χ0n) is 13.3. The average molecular weight is 358 g/mol. The summed E-state index contributed by atoms with van der Waals surface area (Å²) < 4.78 is 26.8. The highest BCUT2D eigenvalue weighted by molar-refractivity contribution is 7.91. The third-order valence-electron chi connectivity index (χ3n) is 4.51. The fraction of sp³-hybridized carbons (Fsp3) is 0.667. The lowest BCUT2D eigenvalue weighted by Crippen LogP contribution is -2.51. The Labute approximate surface area is 141 Å². The van der Waals surface area contributed by atoms with Gasteiger partial charge in [0.15, 0.2) is 0 Å². The Morgan fingerprint density at radius 3 is 2.61 bits per heavy atom. The molecule has 2 aliphatic rings. The smallest absolute Gasteiger partial charge is 0.252 e. The van der Waals surface area contributed by atoms with Crippen LogP contribution in [0.4, 0.5) is 0 Å². The number of hydrogen-bond acceptors (Lipinski definition) is 5. The molecule has 6 nitrogen and oxygen atoms in total. The van der Waals surface area contributed by atoms with E-state index in [0.717, 1.165) is 0 Å². The summed E-state index contributed by atoms with van der Waals surface area (Å²) in [5, 5.41) is 4.81. The van der Waals surface area contributed by atoms with Crippen molar-refractivity contribution in [1.29, 1.82) is 0 Å². The van der Waals surface area contributed by atoms with Gasteiger partial charge < -0.3 is 5.32 Å². The molecule has 1 N–H and O–H groups in total. The van der Waals surface area contributed by atoms with Gasteiger partial charge in [0.05, 0.1) is 6.54 Å². The predicted molar refractivity (Wildman–Crippen MR) is 89.8 cm³/mol. The third kappa shape index (κ3) is 4.12. The van der Waals surface area contributed by atoms with Crippen LogP contribution in [0.1, 0.15) is 19.8 Å². The summed E-state index contributed by atoms with van der Waals surface area (Å²) in [5.41, 5.74) is 0. The van der Waals surface area contributed by atoms with E-state index in [-0.39, 0.29) is 11.9 Å². The van der Waals surface area contributed by atoms with Crippen molar-refractivity contribution in [2.45, 2.75) is 30.0 Å². The Bertz CT molecular complexity index is 633. The van der Waals surface area contributed by atoms with Gasteiger partial charge in [0.2, 0.25) is 5.91 Å². The van der Waals surface area contributed by atoms with Gasteiger partial charge in [-0.1, -0.05) is 6.07 Å². The predicted octanol–water partition coefficient (Wildman–Crippen LogP) is 0.969. The number of carbonyl (C=O) groups excluding carboxylic acids is 1. The highest BCUT2D eigenvalue weighted by Gasteiger charge is 2.31. The number of rotatable bonds is 6. The van der Waals surface area contributed by atoms with E-state index >= 15 is 0 Å². The second-order valence-electron chi connectivity index (χ2n) is 6.31. The van der Waals surface area contributed by atoms with Gasteiger partial charge in [0.1, 0.15) is 4.21 Å². The largest absolute Gasteiger partial charge is 0.352 e. The maximum Gasteiger partial charge on any atom is 0.252 e. The van der Waals surface area contributed by atoms with E-state index in [1.54, 1.807) is 17.5 Å². The lowest BCUT2D eigenvalue weighted by atomic mass is 10.2. The Morgan fingerprint density at radius 2 is 2.04 bits per heavy atom. The van der Waals surface area contributed by atoms with Gasteiger partial charge in [-0.2, -0.15) is 4.31 Å². The van der Waals surface area contributed by atoms with Crippen LogP contribution in [0.15, 0.2) is 21.7 Å². The first-order chi connectivity index (χ1) is 11.0. The Kier molecular flexibility index (Phi) is 5.05. The quantitative estimate of drug-likeness (QED) is 0.824. The normalized spacial score (nSPS) is 22.0. The molecule has 1 saturated carbocycles. The molecule has 1 aliphatic carbocycles. The van der Waals surface area contributed by atoms with E-state index < -0.39 is 10.0 Å². The van der Waals surface area contributed by atoms with Crippen molar-refractivity contribution in [3.8, 4) is 0 Å². The zero-order valence-corrected chi connectivity index (χ0v) is 14.9. The van der Waals surface area contributed by atoms with Gasteiger partial charge in [-0.25, -0.2) is 8.42 Å². The molecular formula is C15H23N3O3S2. The second-order valence-corrected chi connectivity index (χ2v) is 9.42. The van der Waals surface area contributed by atoms with Gasteiger partial charge in [0.25, 0.3) is 10.0 Å². The molecular weight excluding hydrogens is 334 g/mol. The van der Waals surface area contributed by atoms with Gasteiger partial charge >= 0.3 is 0 Å². The molecule has 128 valence electrons. The number of hydrogen-bond donors (Lipinski definition) is 1. The summed E-state index contributed by atoms with van der Waals surface area (Å²) in [6, 6.07) is 3.64. The summed E-state index contributed by atoms with van der Waals surface area (Å²) in [4.78, 5) is 14.1. The summed E-state index contributed by atoms with van der Waals surface area (Å²) in [5.74, 6) is 0.686. The minimum Gasteiger partial charge on any atom is -0.352 e. The van der Waals surface area contributed by atoms with Crippen LogP contribution in [0.5, 0.6) is 0 Å². The van der Waals surface area contributed by atoms with Crippen LogP contribution in [0.3, 0.4) is 0 Å². The minimum absolute atomic E-state index is 0.0407. The van der Waals surface area contributed by atoms with Crippen LogP contribution >= 0.6 is 11.3 Å². The summed E-state index contributed by atoms with van der Waals surface area (Å²) in [6.45, 7) is 4.47. The van der Waals surface area contributed by atoms with Crippen molar-refractivity contribution in [2.75, 3.05) is 32.7 Å². The van der Waals surface area contributed by atoms with E-state index in [4.69, 9.17) is 0 Å².